The van der Waals surface area contributed by atoms with E-state index >= 15 is 0 Å². The first-order valence-corrected chi connectivity index (χ1v) is 12.4. The Morgan fingerprint density at radius 3 is 2.74 bits per heavy atom. The summed E-state index contributed by atoms with van der Waals surface area (Å²) in [4.78, 5) is 22.5. The van der Waals surface area contributed by atoms with E-state index in [1.165, 1.54) is 0 Å². The maximum Gasteiger partial charge on any atom is 0.227 e. The summed E-state index contributed by atoms with van der Waals surface area (Å²) in [6.07, 6.45) is 1.83. The van der Waals surface area contributed by atoms with Gasteiger partial charge in [0.25, 0.3) is 0 Å². The number of hydrogen-bond acceptors (Lipinski definition) is 6. The molecule has 182 valence electrons. The van der Waals surface area contributed by atoms with Crippen LogP contribution in [-0.4, -0.2) is 63.7 Å². The molecule has 4 aromatic rings. The summed E-state index contributed by atoms with van der Waals surface area (Å²) in [6.45, 7) is 9.06. The van der Waals surface area contributed by atoms with E-state index in [4.69, 9.17) is 9.72 Å². The van der Waals surface area contributed by atoms with Crippen molar-refractivity contribution in [3.8, 4) is 17.1 Å². The number of carbonyl (C=O) groups is 1. The van der Waals surface area contributed by atoms with E-state index in [0.717, 1.165) is 71.9 Å². The highest BCUT2D eigenvalue weighted by Crippen LogP contribution is 2.32. The topological polar surface area (TPSA) is 75.9 Å². The molecule has 0 bridgehead atoms. The third-order valence-corrected chi connectivity index (χ3v) is 6.93. The number of benzene rings is 2. The van der Waals surface area contributed by atoms with Crippen LogP contribution in [0.15, 0.2) is 42.5 Å². The van der Waals surface area contributed by atoms with Crippen molar-refractivity contribution in [1.82, 2.24) is 24.5 Å². The average Bonchev–Trinajstić information content (AvgIpc) is 3.35. The van der Waals surface area contributed by atoms with Gasteiger partial charge in [-0.05, 0) is 57.9 Å². The summed E-state index contributed by atoms with van der Waals surface area (Å²) in [5.41, 5.74) is 3.69. The number of amides is 1. The second kappa shape index (κ2) is 9.52. The molecule has 1 amide bonds. The number of rotatable bonds is 6. The number of ether oxygens (including phenoxy) is 1. The van der Waals surface area contributed by atoms with Crippen molar-refractivity contribution in [2.75, 3.05) is 38.2 Å². The van der Waals surface area contributed by atoms with Gasteiger partial charge in [-0.3, -0.25) is 4.79 Å². The van der Waals surface area contributed by atoms with E-state index in [-0.39, 0.29) is 11.8 Å². The highest BCUT2D eigenvalue weighted by Gasteiger charge is 2.31. The predicted octanol–water partition coefficient (Wildman–Crippen LogP) is 4.35. The van der Waals surface area contributed by atoms with Crippen LogP contribution >= 0.6 is 0 Å². The Kier molecular flexibility index (Phi) is 6.28. The Morgan fingerprint density at radius 2 is 1.97 bits per heavy atom. The van der Waals surface area contributed by atoms with E-state index in [1.807, 2.05) is 53.5 Å². The molecule has 2 aromatic carbocycles. The van der Waals surface area contributed by atoms with Crippen LogP contribution in [0.2, 0.25) is 0 Å². The van der Waals surface area contributed by atoms with Gasteiger partial charge in [0, 0.05) is 37.1 Å². The number of hydrogen-bond donors (Lipinski definition) is 0. The van der Waals surface area contributed by atoms with Crippen molar-refractivity contribution in [2.24, 2.45) is 5.92 Å². The van der Waals surface area contributed by atoms with Crippen molar-refractivity contribution < 1.29 is 9.53 Å². The number of methoxy groups -OCH3 is 1. The van der Waals surface area contributed by atoms with Crippen LogP contribution in [0.5, 0.6) is 5.75 Å². The Balaban J connectivity index is 1.66. The van der Waals surface area contributed by atoms with E-state index in [2.05, 4.69) is 34.2 Å². The molecule has 5 rings (SSSR count). The number of nitrogens with zero attached hydrogens (tertiary/aromatic N) is 6. The molecule has 8 nitrogen and oxygen atoms in total. The summed E-state index contributed by atoms with van der Waals surface area (Å²) in [6, 6.07) is 14.0. The van der Waals surface area contributed by atoms with E-state index < -0.39 is 0 Å². The molecular formula is C27H32N6O2. The second-order valence-electron chi connectivity index (χ2n) is 9.14. The van der Waals surface area contributed by atoms with Crippen LogP contribution in [-0.2, 0) is 4.79 Å². The summed E-state index contributed by atoms with van der Waals surface area (Å²) >= 11 is 0. The van der Waals surface area contributed by atoms with Gasteiger partial charge in [0.1, 0.15) is 5.75 Å². The van der Waals surface area contributed by atoms with Crippen LogP contribution in [0, 0.1) is 12.8 Å². The lowest BCUT2D eigenvalue weighted by molar-refractivity contribution is -0.135. The maximum absolute atomic E-state index is 13.2. The maximum atomic E-state index is 13.2. The van der Waals surface area contributed by atoms with Gasteiger partial charge >= 0.3 is 0 Å². The van der Waals surface area contributed by atoms with Gasteiger partial charge < -0.3 is 14.5 Å². The molecule has 0 N–H and O–H groups in total. The smallest absolute Gasteiger partial charge is 0.227 e. The van der Waals surface area contributed by atoms with Crippen molar-refractivity contribution in [1.29, 1.82) is 0 Å². The molecule has 1 unspecified atom stereocenters. The number of carbonyl (C=O) groups excluding carboxylic acids is 1. The van der Waals surface area contributed by atoms with Gasteiger partial charge in [-0.1, -0.05) is 23.8 Å². The lowest BCUT2D eigenvalue weighted by Crippen LogP contribution is -2.45. The van der Waals surface area contributed by atoms with Crippen molar-refractivity contribution >= 4 is 28.4 Å². The van der Waals surface area contributed by atoms with E-state index in [0.29, 0.717) is 12.4 Å². The summed E-state index contributed by atoms with van der Waals surface area (Å²) in [7, 11) is 1.66. The SMILES string of the molecule is CCN(CC)C(=O)C1CCCN(c2nc3ccc(C)cc3c3nnc(-c4cccc(OC)c4)n23)C1. The number of fused-ring (bicyclic) bond motifs is 3. The number of anilines is 1. The molecule has 1 aliphatic rings. The Hall–Kier alpha value is -3.68. The van der Waals surface area contributed by atoms with Gasteiger partial charge in [0.05, 0.1) is 18.5 Å². The number of aryl methyl sites for hydroxylation is 1. The number of aromatic nitrogens is 4. The number of piperidine rings is 1. The highest BCUT2D eigenvalue weighted by molar-refractivity contribution is 5.94. The Bertz CT molecular complexity index is 1380. The Morgan fingerprint density at radius 1 is 1.14 bits per heavy atom. The first-order chi connectivity index (χ1) is 17.0. The fraction of sp³-hybridized carbons (Fsp3) is 0.407. The molecule has 3 heterocycles. The van der Waals surface area contributed by atoms with Gasteiger partial charge in [0.2, 0.25) is 11.9 Å². The van der Waals surface area contributed by atoms with E-state index in [1.54, 1.807) is 7.11 Å². The van der Waals surface area contributed by atoms with Crippen molar-refractivity contribution in [3.05, 3.63) is 48.0 Å². The second-order valence-corrected chi connectivity index (χ2v) is 9.14. The van der Waals surface area contributed by atoms with Gasteiger partial charge in [-0.25, -0.2) is 9.38 Å². The zero-order valence-electron chi connectivity index (χ0n) is 20.9. The first-order valence-electron chi connectivity index (χ1n) is 12.4. The molecule has 1 saturated heterocycles. The quantitative estimate of drug-likeness (QED) is 0.415. The van der Waals surface area contributed by atoms with Crippen molar-refractivity contribution in [3.63, 3.8) is 0 Å². The standard InChI is InChI=1S/C27H32N6O2/c1-5-31(6-2)26(34)20-10-8-14-32(17-20)27-28-23-13-12-18(3)15-22(23)25-30-29-24(33(25)27)19-9-7-11-21(16-19)35-4/h7,9,11-13,15-16,20H,5-6,8,10,14,17H2,1-4H3. The summed E-state index contributed by atoms with van der Waals surface area (Å²) in [5.74, 6) is 2.42. The minimum atomic E-state index is -0.0500. The minimum absolute atomic E-state index is 0.0500. The van der Waals surface area contributed by atoms with Gasteiger partial charge in [-0.15, -0.1) is 10.2 Å². The van der Waals surface area contributed by atoms with E-state index in [9.17, 15) is 4.79 Å². The predicted molar refractivity (Wildman–Crippen MR) is 138 cm³/mol. The molecule has 0 saturated carbocycles. The average molecular weight is 473 g/mol. The fourth-order valence-corrected chi connectivity index (χ4v) is 5.05. The third kappa shape index (κ3) is 4.17. The molecule has 0 spiro atoms. The molecular weight excluding hydrogens is 440 g/mol. The first kappa shape index (κ1) is 23.1. The summed E-state index contributed by atoms with van der Waals surface area (Å²) in [5, 5.41) is 10.2. The molecule has 8 heteroatoms. The highest BCUT2D eigenvalue weighted by atomic mass is 16.5. The van der Waals surface area contributed by atoms with Crippen LogP contribution < -0.4 is 9.64 Å². The zero-order chi connectivity index (χ0) is 24.5. The van der Waals surface area contributed by atoms with Crippen LogP contribution in [0.1, 0.15) is 32.3 Å². The monoisotopic (exact) mass is 472 g/mol. The van der Waals surface area contributed by atoms with Crippen LogP contribution in [0.4, 0.5) is 5.95 Å². The zero-order valence-corrected chi connectivity index (χ0v) is 20.9. The summed E-state index contributed by atoms with van der Waals surface area (Å²) < 4.78 is 7.50. The molecule has 1 fully saturated rings. The van der Waals surface area contributed by atoms with Crippen molar-refractivity contribution in [2.45, 2.75) is 33.6 Å². The molecule has 0 aliphatic carbocycles. The van der Waals surface area contributed by atoms with Crippen LogP contribution in [0.3, 0.4) is 0 Å². The molecule has 35 heavy (non-hydrogen) atoms. The molecule has 1 atom stereocenters. The normalized spacial score (nSPS) is 16.1. The van der Waals surface area contributed by atoms with Crippen LogP contribution in [0.25, 0.3) is 27.9 Å². The molecule has 0 radical (unpaired) electrons. The minimum Gasteiger partial charge on any atom is -0.497 e. The fourth-order valence-electron chi connectivity index (χ4n) is 5.05. The Labute approximate surface area is 205 Å². The van der Waals surface area contributed by atoms with Gasteiger partial charge in [-0.2, -0.15) is 0 Å². The third-order valence-electron chi connectivity index (χ3n) is 6.93. The largest absolute Gasteiger partial charge is 0.497 e. The molecule has 1 aliphatic heterocycles. The lowest BCUT2D eigenvalue weighted by atomic mass is 9.96. The lowest BCUT2D eigenvalue weighted by Gasteiger charge is -2.35. The van der Waals surface area contributed by atoms with Gasteiger partial charge in [0.15, 0.2) is 11.5 Å². The molecule has 2 aromatic heterocycles.